The van der Waals surface area contributed by atoms with Gasteiger partial charge in [0, 0.05) is 20.4 Å². The predicted molar refractivity (Wildman–Crippen MR) is 61.1 cm³/mol. The molecule has 0 aromatic carbocycles. The third kappa shape index (κ3) is 2.62. The molecule has 0 spiro atoms. The van der Waals surface area contributed by atoms with Gasteiger partial charge in [0.2, 0.25) is 0 Å². The standard InChI is InChI=1S/C12H20N2O2/c1-14-8-10(7-13-14)5-6-12(15,9-16-2)11-3-4-11/h7-8,11,15H,3-6,9H2,1-2H3. The number of aromatic nitrogens is 2. The molecule has 0 saturated heterocycles. The van der Waals surface area contributed by atoms with Crippen molar-refractivity contribution in [3.05, 3.63) is 18.0 Å². The van der Waals surface area contributed by atoms with E-state index in [-0.39, 0.29) is 0 Å². The largest absolute Gasteiger partial charge is 0.387 e. The Morgan fingerprint density at radius 2 is 2.38 bits per heavy atom. The summed E-state index contributed by atoms with van der Waals surface area (Å²) >= 11 is 0. The number of methoxy groups -OCH3 is 1. The highest BCUT2D eigenvalue weighted by Gasteiger charge is 2.43. The first kappa shape index (κ1) is 11.6. The molecule has 16 heavy (non-hydrogen) atoms. The summed E-state index contributed by atoms with van der Waals surface area (Å²) in [6.45, 7) is 0.442. The molecule has 1 unspecified atom stereocenters. The van der Waals surface area contributed by atoms with Crippen molar-refractivity contribution >= 4 is 0 Å². The Kier molecular flexibility index (Phi) is 3.30. The van der Waals surface area contributed by atoms with Crippen LogP contribution in [0.1, 0.15) is 24.8 Å². The maximum atomic E-state index is 10.5. The Labute approximate surface area is 96.2 Å². The second-order valence-electron chi connectivity index (χ2n) is 4.83. The predicted octanol–water partition coefficient (Wildman–Crippen LogP) is 1.14. The topological polar surface area (TPSA) is 47.3 Å². The fourth-order valence-corrected chi connectivity index (χ4v) is 2.23. The molecule has 0 amide bonds. The first-order chi connectivity index (χ1) is 7.64. The summed E-state index contributed by atoms with van der Waals surface area (Å²) < 4.78 is 6.92. The van der Waals surface area contributed by atoms with E-state index in [1.54, 1.807) is 11.8 Å². The van der Waals surface area contributed by atoms with Crippen LogP contribution >= 0.6 is 0 Å². The van der Waals surface area contributed by atoms with Crippen LogP contribution in [0.5, 0.6) is 0 Å². The molecule has 4 nitrogen and oxygen atoms in total. The summed E-state index contributed by atoms with van der Waals surface area (Å²) in [5, 5.41) is 14.6. The van der Waals surface area contributed by atoms with Gasteiger partial charge in [-0.15, -0.1) is 0 Å². The highest BCUT2D eigenvalue weighted by atomic mass is 16.5. The van der Waals surface area contributed by atoms with Crippen molar-refractivity contribution < 1.29 is 9.84 Å². The van der Waals surface area contributed by atoms with Gasteiger partial charge in [0.25, 0.3) is 0 Å². The Morgan fingerprint density at radius 3 is 2.88 bits per heavy atom. The van der Waals surface area contributed by atoms with Crippen molar-refractivity contribution in [1.82, 2.24) is 9.78 Å². The normalized spacial score (nSPS) is 19.7. The van der Waals surface area contributed by atoms with Gasteiger partial charge in [-0.1, -0.05) is 0 Å². The highest BCUT2D eigenvalue weighted by molar-refractivity contribution is 5.06. The van der Waals surface area contributed by atoms with Gasteiger partial charge in [-0.2, -0.15) is 5.10 Å². The lowest BCUT2D eigenvalue weighted by molar-refractivity contribution is -0.0535. The lowest BCUT2D eigenvalue weighted by Gasteiger charge is -2.27. The Bertz CT molecular complexity index is 347. The van der Waals surface area contributed by atoms with Crippen molar-refractivity contribution in [2.24, 2.45) is 13.0 Å². The molecular weight excluding hydrogens is 204 g/mol. The van der Waals surface area contributed by atoms with E-state index in [1.165, 1.54) is 5.56 Å². The lowest BCUT2D eigenvalue weighted by atomic mass is 9.91. The highest BCUT2D eigenvalue weighted by Crippen LogP contribution is 2.42. The van der Waals surface area contributed by atoms with Crippen LogP contribution in [0.3, 0.4) is 0 Å². The first-order valence-electron chi connectivity index (χ1n) is 5.83. The maximum Gasteiger partial charge on any atom is 0.0911 e. The molecule has 1 aliphatic rings. The molecule has 90 valence electrons. The van der Waals surface area contributed by atoms with Gasteiger partial charge in [0.05, 0.1) is 18.4 Å². The molecule has 0 radical (unpaired) electrons. The number of rotatable bonds is 6. The molecule has 0 aliphatic heterocycles. The van der Waals surface area contributed by atoms with E-state index in [0.29, 0.717) is 12.5 Å². The third-order valence-electron chi connectivity index (χ3n) is 3.34. The molecule has 1 aromatic heterocycles. The maximum absolute atomic E-state index is 10.5. The summed E-state index contributed by atoms with van der Waals surface area (Å²) in [6.07, 6.45) is 7.75. The monoisotopic (exact) mass is 224 g/mol. The van der Waals surface area contributed by atoms with E-state index in [0.717, 1.165) is 25.7 Å². The molecule has 4 heteroatoms. The van der Waals surface area contributed by atoms with Crippen LogP contribution in [0, 0.1) is 5.92 Å². The van der Waals surface area contributed by atoms with Crippen molar-refractivity contribution in [2.45, 2.75) is 31.3 Å². The van der Waals surface area contributed by atoms with Crippen molar-refractivity contribution in [3.8, 4) is 0 Å². The number of hydrogen-bond acceptors (Lipinski definition) is 3. The SMILES string of the molecule is COCC(O)(CCc1cnn(C)c1)C1CC1. The van der Waals surface area contributed by atoms with Crippen LogP contribution in [0.15, 0.2) is 12.4 Å². The van der Waals surface area contributed by atoms with E-state index < -0.39 is 5.60 Å². The molecular formula is C12H20N2O2. The molecule has 1 atom stereocenters. The van der Waals surface area contributed by atoms with Gasteiger partial charge in [-0.25, -0.2) is 0 Å². The molecule has 1 N–H and O–H groups in total. The third-order valence-corrected chi connectivity index (χ3v) is 3.34. The summed E-state index contributed by atoms with van der Waals surface area (Å²) in [6, 6.07) is 0. The lowest BCUT2D eigenvalue weighted by Crippen LogP contribution is -2.37. The van der Waals surface area contributed by atoms with Gasteiger partial charge >= 0.3 is 0 Å². The van der Waals surface area contributed by atoms with E-state index in [4.69, 9.17) is 4.74 Å². The average molecular weight is 224 g/mol. The Balaban J connectivity index is 1.91. The van der Waals surface area contributed by atoms with E-state index in [9.17, 15) is 5.11 Å². The van der Waals surface area contributed by atoms with Crippen LogP contribution in [0.25, 0.3) is 0 Å². The number of hydrogen-bond donors (Lipinski definition) is 1. The molecule has 1 fully saturated rings. The van der Waals surface area contributed by atoms with Crippen LogP contribution in [-0.2, 0) is 18.2 Å². The minimum Gasteiger partial charge on any atom is -0.387 e. The molecule has 2 rings (SSSR count). The summed E-state index contributed by atoms with van der Waals surface area (Å²) in [7, 11) is 3.56. The number of aryl methyl sites for hydroxylation is 2. The van der Waals surface area contributed by atoms with Crippen LogP contribution < -0.4 is 0 Å². The number of ether oxygens (including phenoxy) is 1. The molecule has 1 aliphatic carbocycles. The zero-order chi connectivity index (χ0) is 11.6. The quantitative estimate of drug-likeness (QED) is 0.788. The van der Waals surface area contributed by atoms with Gasteiger partial charge < -0.3 is 9.84 Å². The summed E-state index contributed by atoms with van der Waals surface area (Å²) in [4.78, 5) is 0. The smallest absolute Gasteiger partial charge is 0.0911 e. The van der Waals surface area contributed by atoms with Crippen molar-refractivity contribution in [2.75, 3.05) is 13.7 Å². The van der Waals surface area contributed by atoms with E-state index >= 15 is 0 Å². The van der Waals surface area contributed by atoms with Gasteiger partial charge in [-0.05, 0) is 37.2 Å². The Hall–Kier alpha value is -0.870. The van der Waals surface area contributed by atoms with Crippen molar-refractivity contribution in [1.29, 1.82) is 0 Å². The van der Waals surface area contributed by atoms with Gasteiger partial charge in [0.1, 0.15) is 0 Å². The van der Waals surface area contributed by atoms with Gasteiger partial charge in [0.15, 0.2) is 0 Å². The fourth-order valence-electron chi connectivity index (χ4n) is 2.23. The van der Waals surface area contributed by atoms with E-state index in [1.807, 2.05) is 19.4 Å². The van der Waals surface area contributed by atoms with Crippen molar-refractivity contribution in [3.63, 3.8) is 0 Å². The molecule has 1 heterocycles. The second-order valence-corrected chi connectivity index (χ2v) is 4.83. The number of aliphatic hydroxyl groups is 1. The summed E-state index contributed by atoms with van der Waals surface area (Å²) in [5.41, 5.74) is 0.544. The minimum absolute atomic E-state index is 0.434. The fraction of sp³-hybridized carbons (Fsp3) is 0.750. The second kappa shape index (κ2) is 4.55. The summed E-state index contributed by atoms with van der Waals surface area (Å²) in [5.74, 6) is 0.434. The van der Waals surface area contributed by atoms with E-state index in [2.05, 4.69) is 5.10 Å². The van der Waals surface area contributed by atoms with Crippen LogP contribution in [-0.4, -0.2) is 34.2 Å². The zero-order valence-corrected chi connectivity index (χ0v) is 10.0. The molecule has 1 aromatic rings. The zero-order valence-electron chi connectivity index (χ0n) is 10.0. The average Bonchev–Trinajstić information content (AvgIpc) is 3.01. The molecule has 0 bridgehead atoms. The minimum atomic E-state index is -0.634. The van der Waals surface area contributed by atoms with Gasteiger partial charge in [-0.3, -0.25) is 4.68 Å². The number of nitrogens with zero attached hydrogens (tertiary/aromatic N) is 2. The van der Waals surface area contributed by atoms with Crippen LogP contribution in [0.2, 0.25) is 0 Å². The Morgan fingerprint density at radius 1 is 1.62 bits per heavy atom. The first-order valence-corrected chi connectivity index (χ1v) is 5.83. The van der Waals surface area contributed by atoms with Crippen LogP contribution in [0.4, 0.5) is 0 Å². The molecule has 1 saturated carbocycles.